The second-order valence-corrected chi connectivity index (χ2v) is 13.0. The molecule has 0 saturated heterocycles. The van der Waals surface area contributed by atoms with E-state index in [0.29, 0.717) is 29.7 Å². The Morgan fingerprint density at radius 1 is 0.895 bits per heavy atom. The van der Waals surface area contributed by atoms with Crippen molar-refractivity contribution < 1.29 is 9.59 Å². The highest BCUT2D eigenvalue weighted by Crippen LogP contribution is 2.65. The molecule has 200 valence electrons. The van der Waals surface area contributed by atoms with Crippen molar-refractivity contribution in [3.63, 3.8) is 0 Å². The summed E-state index contributed by atoms with van der Waals surface area (Å²) in [7, 11) is 4.00. The first-order valence-corrected chi connectivity index (χ1v) is 14.6. The van der Waals surface area contributed by atoms with E-state index in [0.717, 1.165) is 43.2 Å². The highest BCUT2D eigenvalue weighted by atomic mass is 16.2. The van der Waals surface area contributed by atoms with Gasteiger partial charge in [0.1, 0.15) is 0 Å². The van der Waals surface area contributed by atoms with Gasteiger partial charge in [-0.15, -0.1) is 0 Å². The van der Waals surface area contributed by atoms with Gasteiger partial charge in [-0.25, -0.2) is 0 Å². The third-order valence-electron chi connectivity index (χ3n) is 11.4. The molecule has 1 heterocycles. The Labute approximate surface area is 228 Å². The quantitative estimate of drug-likeness (QED) is 0.472. The number of amides is 2. The summed E-state index contributed by atoms with van der Waals surface area (Å²) in [6.07, 6.45) is 10.7. The summed E-state index contributed by atoms with van der Waals surface area (Å²) in [5.74, 6) is 2.29. The van der Waals surface area contributed by atoms with Gasteiger partial charge in [0.2, 0.25) is 11.8 Å². The van der Waals surface area contributed by atoms with Crippen LogP contribution in [0.5, 0.6) is 0 Å². The number of carbonyl (C=O) groups excluding carboxylic acids is 2. The van der Waals surface area contributed by atoms with E-state index < -0.39 is 0 Å². The largest absolute Gasteiger partial charge is 0.338 e. The topological polar surface area (TPSA) is 40.6 Å². The maximum absolute atomic E-state index is 14.4. The molecule has 0 bridgehead atoms. The van der Waals surface area contributed by atoms with Crippen molar-refractivity contribution in [1.29, 1.82) is 0 Å². The van der Waals surface area contributed by atoms with Crippen molar-refractivity contribution in [3.8, 4) is 0 Å². The number of likely N-dealkylation sites (N-methyl/N-ethyl adjacent to an activating group) is 1. The average molecular weight is 511 g/mol. The summed E-state index contributed by atoms with van der Waals surface area (Å²) in [6.45, 7) is 4.82. The van der Waals surface area contributed by atoms with Crippen molar-refractivity contribution in [1.82, 2.24) is 9.80 Å². The van der Waals surface area contributed by atoms with E-state index in [1.54, 1.807) is 0 Å². The number of carbonyl (C=O) groups is 2. The summed E-state index contributed by atoms with van der Waals surface area (Å²) in [4.78, 5) is 30.9. The first kappa shape index (κ1) is 25.4. The third kappa shape index (κ3) is 3.78. The van der Waals surface area contributed by atoms with Gasteiger partial charge < -0.3 is 9.80 Å². The molecule has 0 spiro atoms. The summed E-state index contributed by atoms with van der Waals surface area (Å²) in [5.41, 5.74) is 2.39. The molecule has 2 amide bonds. The van der Waals surface area contributed by atoms with Crippen molar-refractivity contribution in [2.75, 3.05) is 14.1 Å². The van der Waals surface area contributed by atoms with Crippen LogP contribution in [0.4, 0.5) is 0 Å². The molecule has 7 atom stereocenters. The lowest BCUT2D eigenvalue weighted by Crippen LogP contribution is -2.60. The van der Waals surface area contributed by atoms with Gasteiger partial charge in [-0.2, -0.15) is 0 Å². The predicted molar refractivity (Wildman–Crippen MR) is 151 cm³/mol. The van der Waals surface area contributed by atoms with Gasteiger partial charge in [-0.3, -0.25) is 9.59 Å². The van der Waals surface area contributed by atoms with Gasteiger partial charge in [0.25, 0.3) is 0 Å². The maximum atomic E-state index is 14.4. The Morgan fingerprint density at radius 3 is 2.16 bits per heavy atom. The van der Waals surface area contributed by atoms with Crippen LogP contribution in [0.25, 0.3) is 0 Å². The molecule has 3 aliphatic carbocycles. The molecule has 0 radical (unpaired) electrons. The van der Waals surface area contributed by atoms with Crippen LogP contribution >= 0.6 is 0 Å². The monoisotopic (exact) mass is 510 g/mol. The smallest absolute Gasteiger partial charge is 0.246 e. The van der Waals surface area contributed by atoms with Crippen molar-refractivity contribution in [2.45, 2.75) is 64.5 Å². The normalized spacial score (nSPS) is 36.0. The van der Waals surface area contributed by atoms with Crippen LogP contribution in [0.15, 0.2) is 72.8 Å². The number of fused-ring (bicyclic) bond motifs is 5. The number of benzene rings is 2. The van der Waals surface area contributed by atoms with Crippen molar-refractivity contribution in [2.24, 2.45) is 34.5 Å². The summed E-state index contributed by atoms with van der Waals surface area (Å²) < 4.78 is 0. The van der Waals surface area contributed by atoms with E-state index in [2.05, 4.69) is 68.5 Å². The zero-order valence-corrected chi connectivity index (χ0v) is 23.3. The minimum atomic E-state index is -0.0845. The third-order valence-corrected chi connectivity index (χ3v) is 11.4. The zero-order chi connectivity index (χ0) is 26.7. The average Bonchev–Trinajstić information content (AvgIpc) is 3.29. The van der Waals surface area contributed by atoms with Crippen LogP contribution in [0.3, 0.4) is 0 Å². The van der Waals surface area contributed by atoms with E-state index in [9.17, 15) is 9.59 Å². The Balaban J connectivity index is 1.28. The molecule has 4 aliphatic rings. The Kier molecular flexibility index (Phi) is 6.28. The van der Waals surface area contributed by atoms with Crippen LogP contribution in [0, 0.1) is 34.5 Å². The fraction of sp³-hybridized carbons (Fsp3) is 0.529. The van der Waals surface area contributed by atoms with Gasteiger partial charge in [0.05, 0.1) is 6.04 Å². The second kappa shape index (κ2) is 9.39. The number of hydrogen-bond donors (Lipinski definition) is 0. The molecule has 0 N–H and O–H groups in total. The maximum Gasteiger partial charge on any atom is 0.246 e. The molecular formula is C34H42N2O2. The fourth-order valence-electron chi connectivity index (χ4n) is 9.43. The molecule has 2 aromatic carbocycles. The molecule has 38 heavy (non-hydrogen) atoms. The molecule has 4 heteroatoms. The number of nitrogens with zero attached hydrogens (tertiary/aromatic N) is 2. The number of hydrogen-bond acceptors (Lipinski definition) is 2. The first-order valence-electron chi connectivity index (χ1n) is 14.6. The Hall–Kier alpha value is -2.88. The molecular weight excluding hydrogens is 468 g/mol. The summed E-state index contributed by atoms with van der Waals surface area (Å²) >= 11 is 0. The lowest BCUT2D eigenvalue weighted by Gasteiger charge is -2.60. The van der Waals surface area contributed by atoms with E-state index in [-0.39, 0.29) is 28.7 Å². The lowest BCUT2D eigenvalue weighted by atomic mass is 9.47. The summed E-state index contributed by atoms with van der Waals surface area (Å²) in [6, 6.07) is 21.1. The molecule has 2 aromatic rings. The van der Waals surface area contributed by atoms with Crippen LogP contribution in [-0.4, -0.2) is 41.8 Å². The minimum Gasteiger partial charge on any atom is -0.338 e. The predicted octanol–water partition coefficient (Wildman–Crippen LogP) is 6.49. The van der Waals surface area contributed by atoms with Gasteiger partial charge in [-0.05, 0) is 78.9 Å². The SMILES string of the molecule is CN(C(=O)[C@H]1CCC2C3CCC4N(C)C(=O)C=C[C@]4(C)C3CC[C@@]21C)C(c1ccccc1)c1ccccc1. The van der Waals surface area contributed by atoms with Crippen molar-refractivity contribution >= 4 is 11.8 Å². The molecule has 6 rings (SSSR count). The highest BCUT2D eigenvalue weighted by Gasteiger charge is 2.61. The van der Waals surface area contributed by atoms with Crippen molar-refractivity contribution in [3.05, 3.63) is 83.9 Å². The highest BCUT2D eigenvalue weighted by molar-refractivity contribution is 5.89. The molecule has 0 aromatic heterocycles. The van der Waals surface area contributed by atoms with E-state index in [1.165, 1.54) is 6.42 Å². The summed E-state index contributed by atoms with van der Waals surface area (Å²) in [5, 5.41) is 0. The number of rotatable bonds is 4. The van der Waals surface area contributed by atoms with E-state index >= 15 is 0 Å². The van der Waals surface area contributed by atoms with Crippen LogP contribution in [0.1, 0.15) is 69.5 Å². The van der Waals surface area contributed by atoms with E-state index in [4.69, 9.17) is 0 Å². The Bertz CT molecular complexity index is 1190. The van der Waals surface area contributed by atoms with E-state index in [1.807, 2.05) is 42.1 Å². The standard InChI is InChI=1S/C34H42N2O2/c1-33-21-19-27-25(15-18-29-34(27,2)22-20-30(37)35(29)3)26(33)16-17-28(33)32(38)36(4)31(23-11-7-5-8-12-23)24-13-9-6-10-14-24/h5-14,20,22,25-29,31H,15-19,21H2,1-4H3/t25?,26?,27?,28-,29?,33+,34-/m1/s1. The van der Waals surface area contributed by atoms with Gasteiger partial charge in [0.15, 0.2) is 0 Å². The molecule has 3 saturated carbocycles. The molecule has 1 aliphatic heterocycles. The van der Waals surface area contributed by atoms with Gasteiger partial charge >= 0.3 is 0 Å². The van der Waals surface area contributed by atoms with Gasteiger partial charge in [0, 0.05) is 31.5 Å². The first-order chi connectivity index (χ1) is 18.3. The fourth-order valence-corrected chi connectivity index (χ4v) is 9.43. The van der Waals surface area contributed by atoms with Gasteiger partial charge in [-0.1, -0.05) is 80.6 Å². The Morgan fingerprint density at radius 2 is 1.53 bits per heavy atom. The zero-order valence-electron chi connectivity index (χ0n) is 23.3. The molecule has 4 nitrogen and oxygen atoms in total. The van der Waals surface area contributed by atoms with Crippen LogP contribution in [0.2, 0.25) is 0 Å². The molecule has 3 fully saturated rings. The second-order valence-electron chi connectivity index (χ2n) is 13.0. The van der Waals surface area contributed by atoms with Crippen LogP contribution in [-0.2, 0) is 9.59 Å². The minimum absolute atomic E-state index is 0.0355. The van der Waals surface area contributed by atoms with Crippen LogP contribution < -0.4 is 0 Å². The lowest BCUT2D eigenvalue weighted by molar-refractivity contribution is -0.147. The molecule has 4 unspecified atom stereocenters.